The summed E-state index contributed by atoms with van der Waals surface area (Å²) >= 11 is 0. The number of hydrogen-bond acceptors (Lipinski definition) is 5. The number of ether oxygens (including phenoxy) is 1. The van der Waals surface area contributed by atoms with Gasteiger partial charge in [-0.3, -0.25) is 14.4 Å². The third-order valence-electron chi connectivity index (χ3n) is 5.24. The van der Waals surface area contributed by atoms with Gasteiger partial charge < -0.3 is 20.3 Å². The summed E-state index contributed by atoms with van der Waals surface area (Å²) in [5, 5.41) is 5.64. The molecule has 27 heavy (non-hydrogen) atoms. The van der Waals surface area contributed by atoms with Gasteiger partial charge in [0.15, 0.2) is 0 Å². The molecule has 3 atom stereocenters. The molecule has 2 aliphatic heterocycles. The van der Waals surface area contributed by atoms with E-state index in [1.54, 1.807) is 6.92 Å². The molecule has 2 fully saturated rings. The van der Waals surface area contributed by atoms with Crippen LogP contribution in [0.15, 0.2) is 0 Å². The Kier molecular flexibility index (Phi) is 7.29. The molecule has 0 aliphatic carbocycles. The maximum atomic E-state index is 12.8. The first kappa shape index (κ1) is 17.5. The molecule has 2 unspecified atom stereocenters. The molecule has 0 spiro atoms. The normalized spacial score (nSPS) is 26.3. The predicted molar refractivity (Wildman–Crippen MR) is 103 cm³/mol. The van der Waals surface area contributed by atoms with E-state index < -0.39 is 31.2 Å². The number of esters is 1. The lowest BCUT2D eigenvalue weighted by molar-refractivity contribution is -0.145. The van der Waals surface area contributed by atoms with E-state index in [0.717, 1.165) is 51.6 Å². The maximum absolute atomic E-state index is 12.8. The Morgan fingerprint density at radius 1 is 1.41 bits per heavy atom. The minimum Gasteiger partial charge on any atom is -0.466 e. The Labute approximate surface area is 166 Å². The Hall–Kier alpha value is -1.63. The molecule has 2 amide bonds. The van der Waals surface area contributed by atoms with Gasteiger partial charge in [-0.05, 0) is 71.4 Å². The molecule has 0 aromatic rings. The van der Waals surface area contributed by atoms with E-state index >= 15 is 0 Å². The average molecular weight is 388 g/mol. The minimum absolute atomic E-state index is 0.0420. The van der Waals surface area contributed by atoms with Crippen molar-refractivity contribution in [2.24, 2.45) is 11.8 Å². The van der Waals surface area contributed by atoms with Crippen LogP contribution >= 0.6 is 0 Å². The van der Waals surface area contributed by atoms with Crippen molar-refractivity contribution in [2.75, 3.05) is 32.8 Å². The Bertz CT molecular complexity index is 604. The molecule has 0 saturated carbocycles. The van der Waals surface area contributed by atoms with Crippen LogP contribution in [0.2, 0.25) is 0 Å². The van der Waals surface area contributed by atoms with E-state index in [-0.39, 0.29) is 25.0 Å². The van der Waals surface area contributed by atoms with Crippen LogP contribution in [0.3, 0.4) is 0 Å². The van der Waals surface area contributed by atoms with Crippen molar-refractivity contribution in [3.63, 3.8) is 0 Å². The van der Waals surface area contributed by atoms with Crippen molar-refractivity contribution in [3.8, 4) is 0 Å². The van der Waals surface area contributed by atoms with E-state index in [4.69, 9.17) is 8.85 Å². The highest BCUT2D eigenvalue weighted by atomic mass is 16.5. The molecule has 2 heterocycles. The molecule has 2 N–H and O–H groups in total. The lowest BCUT2D eigenvalue weighted by Gasteiger charge is -2.33. The van der Waals surface area contributed by atoms with Crippen molar-refractivity contribution < 1.29 is 23.2 Å². The summed E-state index contributed by atoms with van der Waals surface area (Å²) in [4.78, 5) is 38.6. The Morgan fingerprint density at radius 3 is 2.89 bits per heavy atom. The van der Waals surface area contributed by atoms with E-state index in [1.165, 1.54) is 4.90 Å². The van der Waals surface area contributed by atoms with Gasteiger partial charge in [0.2, 0.25) is 11.8 Å². The lowest BCUT2D eigenvalue weighted by atomic mass is 9.86. The van der Waals surface area contributed by atoms with Crippen LogP contribution in [0.1, 0.15) is 62.9 Å². The van der Waals surface area contributed by atoms with Gasteiger partial charge in [-0.25, -0.2) is 0 Å². The first-order chi connectivity index (χ1) is 14.3. The van der Waals surface area contributed by atoms with Gasteiger partial charge in [0.05, 0.1) is 20.9 Å². The second-order valence-electron chi connectivity index (χ2n) is 7.34. The monoisotopic (exact) mass is 387 g/mol. The predicted octanol–water partition coefficient (Wildman–Crippen LogP) is 1.46. The number of piperidine rings is 2. The quantitative estimate of drug-likeness (QED) is 0.585. The van der Waals surface area contributed by atoms with Crippen LogP contribution in [-0.4, -0.2) is 61.5 Å². The Balaban J connectivity index is 1.88. The second-order valence-corrected chi connectivity index (χ2v) is 7.34. The van der Waals surface area contributed by atoms with Crippen molar-refractivity contribution in [1.82, 2.24) is 15.5 Å². The molecule has 2 aliphatic rings. The van der Waals surface area contributed by atoms with Gasteiger partial charge >= 0.3 is 5.97 Å². The van der Waals surface area contributed by atoms with E-state index in [0.29, 0.717) is 12.5 Å². The van der Waals surface area contributed by atoms with Crippen molar-refractivity contribution in [2.45, 2.75) is 64.8 Å². The third-order valence-corrected chi connectivity index (χ3v) is 5.24. The highest BCUT2D eigenvalue weighted by Crippen LogP contribution is 2.27. The first-order valence-corrected chi connectivity index (χ1v) is 9.99. The largest absolute Gasteiger partial charge is 0.466 e. The molecule has 0 radical (unpaired) electrons. The molecular formula is C20H35N3O4. The number of rotatable bonds is 9. The fourth-order valence-electron chi connectivity index (χ4n) is 3.81. The molecule has 0 aromatic carbocycles. The number of carbonyl (C=O) groups is 3. The smallest absolute Gasteiger partial charge is 0.307 e. The fourth-order valence-corrected chi connectivity index (χ4v) is 3.81. The number of nitrogens with zero attached hydrogens (tertiary/aromatic N) is 1. The van der Waals surface area contributed by atoms with Crippen LogP contribution in [0.5, 0.6) is 0 Å². The van der Waals surface area contributed by atoms with Gasteiger partial charge in [0, 0.05) is 21.2 Å². The van der Waals surface area contributed by atoms with Crippen LogP contribution < -0.4 is 10.6 Å². The summed E-state index contributed by atoms with van der Waals surface area (Å²) < 4.78 is 28.4. The topological polar surface area (TPSA) is 87.7 Å². The first-order valence-electron chi connectivity index (χ1n) is 11.8. The Morgan fingerprint density at radius 2 is 2.19 bits per heavy atom. The van der Waals surface area contributed by atoms with Crippen LogP contribution in [0.25, 0.3) is 0 Å². The fraction of sp³-hybridized carbons (Fsp3) is 0.850. The number of likely N-dealkylation sites (tertiary alicyclic amines) is 1. The molecule has 2 saturated heterocycles. The summed E-state index contributed by atoms with van der Waals surface area (Å²) in [7, 11) is 0. The standard InChI is InChI=1S/C20H35N3O4/c1-3-27-19(25)13-15(2)22-18(24)14-23-12-4-5-17(20(23)26)7-6-16-8-10-21-11-9-16/h15-17,21H,3-14H2,1-2H3,(H,22,24)/t15?,17-/m0/s1/i2T,13T,15T/t13?,15?,17-. The van der Waals surface area contributed by atoms with Crippen molar-refractivity contribution in [1.29, 1.82) is 0 Å². The minimum atomic E-state index is -2.11. The van der Waals surface area contributed by atoms with Gasteiger partial charge in [-0.1, -0.05) is 0 Å². The van der Waals surface area contributed by atoms with Gasteiger partial charge in [0.25, 0.3) is 0 Å². The lowest BCUT2D eigenvalue weighted by Crippen LogP contribution is -2.48. The maximum Gasteiger partial charge on any atom is 0.307 e. The molecular weight excluding hydrogens is 346 g/mol. The zero-order valence-electron chi connectivity index (χ0n) is 19.3. The zero-order chi connectivity index (χ0) is 22.1. The SMILES string of the molecule is [3H]CC([3H])(NC(=O)CN1CCC[C@@H](CCC2CCNCC2)C1=O)C([3H])C(=O)OCC. The summed E-state index contributed by atoms with van der Waals surface area (Å²) in [6.45, 7) is 3.28. The molecule has 7 heteroatoms. The molecule has 154 valence electrons. The van der Waals surface area contributed by atoms with Crippen molar-refractivity contribution >= 4 is 17.8 Å². The second kappa shape index (κ2) is 11.3. The van der Waals surface area contributed by atoms with E-state index in [9.17, 15) is 14.4 Å². The van der Waals surface area contributed by atoms with Crippen LogP contribution in [0.4, 0.5) is 0 Å². The van der Waals surface area contributed by atoms with Gasteiger partial charge in [-0.2, -0.15) is 0 Å². The van der Waals surface area contributed by atoms with Gasteiger partial charge in [0.1, 0.15) is 0 Å². The summed E-state index contributed by atoms with van der Waals surface area (Å²) in [5.41, 5.74) is 0. The number of amides is 2. The van der Waals surface area contributed by atoms with E-state index in [2.05, 4.69) is 10.6 Å². The van der Waals surface area contributed by atoms with Crippen molar-refractivity contribution in [3.05, 3.63) is 0 Å². The summed E-state index contributed by atoms with van der Waals surface area (Å²) in [6.07, 6.45) is 4.05. The third kappa shape index (κ3) is 7.48. The van der Waals surface area contributed by atoms with Gasteiger partial charge in [-0.15, -0.1) is 0 Å². The summed E-state index contributed by atoms with van der Waals surface area (Å²) in [6, 6.07) is -2.11. The van der Waals surface area contributed by atoms with Crippen LogP contribution in [0, 0.1) is 11.8 Å². The molecule has 7 nitrogen and oxygen atoms in total. The average Bonchev–Trinajstić information content (AvgIpc) is 2.74. The number of nitrogens with one attached hydrogen (secondary N) is 2. The van der Waals surface area contributed by atoms with Crippen LogP contribution in [-0.2, 0) is 19.1 Å². The molecule has 0 aromatic heterocycles. The highest BCUT2D eigenvalue weighted by molar-refractivity contribution is 5.86. The molecule has 0 bridgehead atoms. The number of carbonyl (C=O) groups excluding carboxylic acids is 3. The highest BCUT2D eigenvalue weighted by Gasteiger charge is 2.30. The molecule has 2 rings (SSSR count). The summed E-state index contributed by atoms with van der Waals surface area (Å²) in [5.74, 6) is -1.06. The van der Waals surface area contributed by atoms with E-state index in [1.807, 2.05) is 0 Å². The zero-order valence-corrected chi connectivity index (χ0v) is 16.3. The number of hydrogen-bond donors (Lipinski definition) is 2.